The van der Waals surface area contributed by atoms with E-state index < -0.39 is 11.6 Å². The van der Waals surface area contributed by atoms with E-state index in [0.717, 1.165) is 22.9 Å². The molecule has 0 aliphatic rings. The molecule has 0 atom stereocenters. The molecule has 5 nitrogen and oxygen atoms in total. The smallest absolute Gasteiger partial charge is 0.134 e. The molecule has 7 heteroatoms. The molecule has 0 aliphatic heterocycles. The number of nitrogens with one attached hydrogen (secondary N) is 2. The van der Waals surface area contributed by atoms with Crippen LogP contribution < -0.4 is 15.4 Å². The van der Waals surface area contributed by atoms with Gasteiger partial charge in [-0.05, 0) is 48.9 Å². The summed E-state index contributed by atoms with van der Waals surface area (Å²) in [5.74, 6) is 0.697. The van der Waals surface area contributed by atoms with Crippen LogP contribution in [0.4, 0.5) is 20.3 Å². The van der Waals surface area contributed by atoms with Gasteiger partial charge in [0.1, 0.15) is 29.0 Å². The van der Waals surface area contributed by atoms with Gasteiger partial charge in [0.25, 0.3) is 0 Å². The van der Waals surface area contributed by atoms with Gasteiger partial charge in [0.2, 0.25) is 0 Å². The number of benzene rings is 2. The van der Waals surface area contributed by atoms with Crippen molar-refractivity contribution in [1.29, 1.82) is 0 Å². The zero-order valence-electron chi connectivity index (χ0n) is 18.0. The SMILES string of the molecule is C=C(NCc1cc(F)cc(F)c1)c1cccc(Oc2ccnc(Nc3ccncc3)c2)c1C. The Morgan fingerprint density at radius 3 is 2.48 bits per heavy atom. The molecule has 4 rings (SSSR count). The summed E-state index contributed by atoms with van der Waals surface area (Å²) >= 11 is 0. The maximum Gasteiger partial charge on any atom is 0.134 e. The molecule has 2 N–H and O–H groups in total. The first kappa shape index (κ1) is 22.0. The lowest BCUT2D eigenvalue weighted by Crippen LogP contribution is -2.12. The Kier molecular flexibility index (Phi) is 6.59. The first-order valence-electron chi connectivity index (χ1n) is 10.3. The molecule has 0 amide bonds. The molecule has 0 spiro atoms. The van der Waals surface area contributed by atoms with Gasteiger partial charge in [0.05, 0.1) is 0 Å². The maximum absolute atomic E-state index is 13.4. The summed E-state index contributed by atoms with van der Waals surface area (Å²) in [6.45, 7) is 6.25. The quantitative estimate of drug-likeness (QED) is 0.331. The van der Waals surface area contributed by atoms with Crippen LogP contribution in [0.15, 0.2) is 85.8 Å². The highest BCUT2D eigenvalue weighted by Gasteiger charge is 2.10. The molecule has 0 aliphatic carbocycles. The zero-order chi connectivity index (χ0) is 23.2. The number of ether oxygens (including phenoxy) is 1. The van der Waals surface area contributed by atoms with Crippen LogP contribution in [0.25, 0.3) is 5.70 Å². The monoisotopic (exact) mass is 444 g/mol. The van der Waals surface area contributed by atoms with Crippen LogP contribution >= 0.6 is 0 Å². The van der Waals surface area contributed by atoms with Crippen LogP contribution in [0.5, 0.6) is 11.5 Å². The predicted molar refractivity (Wildman–Crippen MR) is 125 cm³/mol. The van der Waals surface area contributed by atoms with Gasteiger partial charge in [-0.1, -0.05) is 18.7 Å². The molecule has 0 bridgehead atoms. The van der Waals surface area contributed by atoms with E-state index >= 15 is 0 Å². The predicted octanol–water partition coefficient (Wildman–Crippen LogP) is 6.36. The third-order valence-electron chi connectivity index (χ3n) is 4.95. The number of aromatic nitrogens is 2. The summed E-state index contributed by atoms with van der Waals surface area (Å²) in [7, 11) is 0. The van der Waals surface area contributed by atoms with Gasteiger partial charge in [-0.3, -0.25) is 4.98 Å². The fourth-order valence-corrected chi connectivity index (χ4v) is 3.32. The molecule has 33 heavy (non-hydrogen) atoms. The topological polar surface area (TPSA) is 59.1 Å². The lowest BCUT2D eigenvalue weighted by atomic mass is 10.0. The molecule has 0 saturated heterocycles. The van der Waals surface area contributed by atoms with Crippen LogP contribution in [-0.2, 0) is 6.54 Å². The lowest BCUT2D eigenvalue weighted by Gasteiger charge is -2.16. The van der Waals surface area contributed by atoms with Crippen molar-refractivity contribution in [3.63, 3.8) is 0 Å². The molecule has 2 aromatic carbocycles. The van der Waals surface area contributed by atoms with Gasteiger partial charge >= 0.3 is 0 Å². The van der Waals surface area contributed by atoms with E-state index in [1.807, 2.05) is 37.3 Å². The first-order chi connectivity index (χ1) is 16.0. The Bertz CT molecular complexity index is 1260. The van der Waals surface area contributed by atoms with Gasteiger partial charge in [-0.2, -0.15) is 0 Å². The second-order valence-electron chi connectivity index (χ2n) is 7.38. The lowest BCUT2D eigenvalue weighted by molar-refractivity contribution is 0.478. The normalized spacial score (nSPS) is 10.5. The van der Waals surface area contributed by atoms with E-state index in [9.17, 15) is 8.78 Å². The van der Waals surface area contributed by atoms with Crippen molar-refractivity contribution in [1.82, 2.24) is 15.3 Å². The summed E-state index contributed by atoms with van der Waals surface area (Å²) < 4.78 is 33.0. The van der Waals surface area contributed by atoms with Crippen LogP contribution in [0.1, 0.15) is 16.7 Å². The number of nitrogens with zero attached hydrogens (tertiary/aromatic N) is 2. The van der Waals surface area contributed by atoms with Gasteiger partial charge in [-0.25, -0.2) is 13.8 Å². The van der Waals surface area contributed by atoms with Gasteiger partial charge in [0, 0.05) is 59.8 Å². The van der Waals surface area contributed by atoms with Gasteiger partial charge < -0.3 is 15.4 Å². The average molecular weight is 444 g/mol. The molecule has 0 radical (unpaired) electrons. The van der Waals surface area contributed by atoms with Gasteiger partial charge in [0.15, 0.2) is 0 Å². The van der Waals surface area contributed by atoms with E-state index in [1.165, 1.54) is 12.1 Å². The number of hydrogen-bond acceptors (Lipinski definition) is 5. The Morgan fingerprint density at radius 2 is 1.73 bits per heavy atom. The van der Waals surface area contributed by atoms with Crippen molar-refractivity contribution in [2.24, 2.45) is 0 Å². The van der Waals surface area contributed by atoms with E-state index in [1.54, 1.807) is 30.7 Å². The van der Waals surface area contributed by atoms with Crippen molar-refractivity contribution < 1.29 is 13.5 Å². The zero-order valence-corrected chi connectivity index (χ0v) is 18.0. The number of rotatable bonds is 8. The van der Waals surface area contributed by atoms with Crippen LogP contribution in [0, 0.1) is 18.6 Å². The minimum Gasteiger partial charge on any atom is -0.457 e. The molecule has 4 aromatic rings. The Balaban J connectivity index is 1.47. The van der Waals surface area contributed by atoms with E-state index in [4.69, 9.17) is 4.74 Å². The second-order valence-corrected chi connectivity index (χ2v) is 7.38. The summed E-state index contributed by atoms with van der Waals surface area (Å²) in [4.78, 5) is 8.32. The summed E-state index contributed by atoms with van der Waals surface area (Å²) in [6, 6.07) is 16.3. The Hall–Kier alpha value is -4.26. The molecule has 0 saturated carbocycles. The highest BCUT2D eigenvalue weighted by Crippen LogP contribution is 2.30. The third-order valence-corrected chi connectivity index (χ3v) is 4.95. The van der Waals surface area contributed by atoms with E-state index in [2.05, 4.69) is 27.2 Å². The van der Waals surface area contributed by atoms with Crippen LogP contribution in [-0.4, -0.2) is 9.97 Å². The van der Waals surface area contributed by atoms with Crippen molar-refractivity contribution >= 4 is 17.2 Å². The third kappa shape index (κ3) is 5.71. The average Bonchev–Trinajstić information content (AvgIpc) is 2.79. The Morgan fingerprint density at radius 1 is 0.970 bits per heavy atom. The fourth-order valence-electron chi connectivity index (χ4n) is 3.32. The number of halogens is 2. The first-order valence-corrected chi connectivity index (χ1v) is 10.3. The second kappa shape index (κ2) is 9.91. The molecular formula is C26H22F2N4O. The minimum atomic E-state index is -0.612. The standard InChI is InChI=1S/C26H22F2N4O/c1-17-24(18(2)31-16-19-12-20(27)14-21(28)13-19)4-3-5-25(17)33-23-8-11-30-26(15-23)32-22-6-9-29-10-7-22/h3-15,31H,2,16H2,1H3,(H,29,30,32). The van der Waals surface area contributed by atoms with Crippen molar-refractivity contribution in [3.05, 3.63) is 114 Å². The van der Waals surface area contributed by atoms with Crippen LogP contribution in [0.3, 0.4) is 0 Å². The van der Waals surface area contributed by atoms with Crippen molar-refractivity contribution in [2.75, 3.05) is 5.32 Å². The van der Waals surface area contributed by atoms with Crippen molar-refractivity contribution in [3.8, 4) is 11.5 Å². The summed E-state index contributed by atoms with van der Waals surface area (Å²) in [5, 5.41) is 6.34. The number of pyridine rings is 2. The van der Waals surface area contributed by atoms with Crippen LogP contribution in [0.2, 0.25) is 0 Å². The highest BCUT2D eigenvalue weighted by molar-refractivity contribution is 5.67. The Labute approximate surface area is 190 Å². The maximum atomic E-state index is 13.4. The molecule has 0 fully saturated rings. The fraction of sp³-hybridized carbons (Fsp3) is 0.0769. The molecule has 166 valence electrons. The van der Waals surface area contributed by atoms with E-state index in [-0.39, 0.29) is 6.54 Å². The number of hydrogen-bond donors (Lipinski definition) is 2. The largest absolute Gasteiger partial charge is 0.457 e. The highest BCUT2D eigenvalue weighted by atomic mass is 19.1. The molecule has 2 heterocycles. The molecule has 2 aromatic heterocycles. The van der Waals surface area contributed by atoms with Crippen molar-refractivity contribution in [2.45, 2.75) is 13.5 Å². The summed E-state index contributed by atoms with van der Waals surface area (Å²) in [5.41, 5.74) is 3.70. The van der Waals surface area contributed by atoms with Gasteiger partial charge in [-0.15, -0.1) is 0 Å². The van der Waals surface area contributed by atoms with E-state index in [0.29, 0.717) is 28.6 Å². The number of anilines is 2. The molecule has 0 unspecified atom stereocenters. The minimum absolute atomic E-state index is 0.242. The summed E-state index contributed by atoms with van der Waals surface area (Å²) in [6.07, 6.45) is 5.06. The molecular weight excluding hydrogens is 422 g/mol.